The number of methoxy groups -OCH3 is 1. The summed E-state index contributed by atoms with van der Waals surface area (Å²) in [5.41, 5.74) is 0. The Bertz CT molecular complexity index is 386. The lowest BCUT2D eigenvalue weighted by atomic mass is 10.4. The van der Waals surface area contributed by atoms with E-state index in [0.717, 1.165) is 0 Å². The minimum atomic E-state index is -0.873. The van der Waals surface area contributed by atoms with Crippen LogP contribution in [-0.4, -0.2) is 29.7 Å². The lowest BCUT2D eigenvalue weighted by molar-refractivity contribution is -0.671. The maximum absolute atomic E-state index is 11.4. The van der Waals surface area contributed by atoms with Gasteiger partial charge in [0.1, 0.15) is 12.4 Å². The Morgan fingerprint density at radius 2 is 2.19 bits per heavy atom. The van der Waals surface area contributed by atoms with Crippen LogP contribution in [0.3, 0.4) is 0 Å². The Labute approximate surface area is 93.4 Å². The maximum Gasteiger partial charge on any atom is 0.349 e. The van der Waals surface area contributed by atoms with E-state index in [4.69, 9.17) is 4.74 Å². The van der Waals surface area contributed by atoms with Gasteiger partial charge in [0.15, 0.2) is 12.6 Å². The van der Waals surface area contributed by atoms with Crippen LogP contribution in [0.5, 0.6) is 0 Å². The summed E-state index contributed by atoms with van der Waals surface area (Å²) < 4.78 is 12.8. The normalized spacial score (nSPS) is 11.9. The second-order valence-electron chi connectivity index (χ2n) is 3.41. The number of carbonyl (C=O) groups excluding carboxylic acids is 2. The molecule has 0 N–H and O–H groups in total. The standard InChI is InChI=1S/C10H15N2O4/c1-8(10(14)15-3)16-9(13)6-12-5-4-11(2)7-12/h4-5,7-8H,6H2,1-3H3/q+1/t8-/m0/s1. The van der Waals surface area contributed by atoms with E-state index in [1.54, 1.807) is 27.9 Å². The van der Waals surface area contributed by atoms with Crippen LogP contribution in [0.15, 0.2) is 18.7 Å². The molecule has 88 valence electrons. The summed E-state index contributed by atoms with van der Waals surface area (Å²) in [4.78, 5) is 22.4. The fourth-order valence-corrected chi connectivity index (χ4v) is 1.19. The van der Waals surface area contributed by atoms with Gasteiger partial charge in [-0.2, -0.15) is 0 Å². The summed E-state index contributed by atoms with van der Waals surface area (Å²) in [5.74, 6) is -1.04. The summed E-state index contributed by atoms with van der Waals surface area (Å²) in [6.07, 6.45) is 4.41. The summed E-state index contributed by atoms with van der Waals surface area (Å²) in [6.45, 7) is 1.54. The van der Waals surface area contributed by atoms with Crippen molar-refractivity contribution in [2.45, 2.75) is 19.6 Å². The lowest BCUT2D eigenvalue weighted by Crippen LogP contribution is -2.28. The number of hydrogen-bond donors (Lipinski definition) is 0. The molecular weight excluding hydrogens is 212 g/mol. The molecule has 16 heavy (non-hydrogen) atoms. The lowest BCUT2D eigenvalue weighted by Gasteiger charge is -2.09. The number of aryl methyl sites for hydroxylation is 1. The Balaban J connectivity index is 2.45. The number of nitrogens with zero attached hydrogens (tertiary/aromatic N) is 2. The molecule has 0 fully saturated rings. The van der Waals surface area contributed by atoms with Crippen LogP contribution in [0.2, 0.25) is 0 Å². The van der Waals surface area contributed by atoms with Crippen molar-refractivity contribution in [1.29, 1.82) is 0 Å². The monoisotopic (exact) mass is 227 g/mol. The molecule has 0 saturated heterocycles. The fourth-order valence-electron chi connectivity index (χ4n) is 1.19. The molecular formula is C10H15N2O4+. The van der Waals surface area contributed by atoms with Gasteiger partial charge in [-0.3, -0.25) is 0 Å². The molecule has 0 bridgehead atoms. The summed E-state index contributed by atoms with van der Waals surface area (Å²) in [6, 6.07) is 0. The van der Waals surface area contributed by atoms with Crippen LogP contribution in [0.4, 0.5) is 0 Å². The molecule has 1 atom stereocenters. The van der Waals surface area contributed by atoms with Crippen LogP contribution in [0.1, 0.15) is 6.92 Å². The van der Waals surface area contributed by atoms with Gasteiger partial charge in [-0.05, 0) is 6.92 Å². The molecule has 1 aromatic heterocycles. The van der Waals surface area contributed by atoms with E-state index in [1.807, 2.05) is 7.05 Å². The van der Waals surface area contributed by atoms with E-state index in [9.17, 15) is 9.59 Å². The van der Waals surface area contributed by atoms with Crippen molar-refractivity contribution >= 4 is 11.9 Å². The zero-order valence-corrected chi connectivity index (χ0v) is 9.54. The van der Waals surface area contributed by atoms with Crippen molar-refractivity contribution in [3.63, 3.8) is 0 Å². The van der Waals surface area contributed by atoms with Gasteiger partial charge in [0.25, 0.3) is 0 Å². The maximum atomic E-state index is 11.4. The third-order valence-corrected chi connectivity index (χ3v) is 1.98. The van der Waals surface area contributed by atoms with Crippen molar-refractivity contribution in [1.82, 2.24) is 4.57 Å². The first kappa shape index (κ1) is 12.2. The van der Waals surface area contributed by atoms with Crippen molar-refractivity contribution in [2.24, 2.45) is 7.05 Å². The number of aromatic nitrogens is 2. The van der Waals surface area contributed by atoms with Crippen LogP contribution in [0.25, 0.3) is 0 Å². The molecule has 6 heteroatoms. The highest BCUT2D eigenvalue weighted by Crippen LogP contribution is 1.96. The molecule has 0 radical (unpaired) electrons. The largest absolute Gasteiger partial charge is 0.466 e. The number of ether oxygens (including phenoxy) is 2. The van der Waals surface area contributed by atoms with E-state index in [0.29, 0.717) is 0 Å². The van der Waals surface area contributed by atoms with Crippen LogP contribution in [-0.2, 0) is 32.7 Å². The number of rotatable bonds is 4. The predicted molar refractivity (Wildman–Crippen MR) is 53.2 cm³/mol. The van der Waals surface area contributed by atoms with Gasteiger partial charge in [-0.15, -0.1) is 0 Å². The Morgan fingerprint density at radius 3 is 2.69 bits per heavy atom. The van der Waals surface area contributed by atoms with Gasteiger partial charge in [-0.25, -0.2) is 18.7 Å². The second-order valence-corrected chi connectivity index (χ2v) is 3.41. The summed E-state index contributed by atoms with van der Waals surface area (Å²) in [5, 5.41) is 0. The van der Waals surface area contributed by atoms with E-state index >= 15 is 0 Å². The van der Waals surface area contributed by atoms with Gasteiger partial charge in [-0.1, -0.05) is 0 Å². The van der Waals surface area contributed by atoms with E-state index < -0.39 is 18.0 Å². The van der Waals surface area contributed by atoms with Crippen molar-refractivity contribution in [2.75, 3.05) is 7.11 Å². The average Bonchev–Trinajstić information content (AvgIpc) is 2.62. The molecule has 0 unspecified atom stereocenters. The van der Waals surface area contributed by atoms with Crippen molar-refractivity contribution in [3.8, 4) is 0 Å². The number of carbonyl (C=O) groups is 2. The van der Waals surface area contributed by atoms with Crippen molar-refractivity contribution in [3.05, 3.63) is 18.7 Å². The van der Waals surface area contributed by atoms with Crippen LogP contribution < -0.4 is 4.57 Å². The number of imidazole rings is 1. The third-order valence-electron chi connectivity index (χ3n) is 1.98. The molecule has 0 spiro atoms. The molecule has 0 aromatic carbocycles. The molecule has 1 aromatic rings. The Kier molecular flexibility index (Phi) is 4.04. The molecule has 0 amide bonds. The van der Waals surface area contributed by atoms with E-state index in [2.05, 4.69) is 4.74 Å². The molecule has 0 aliphatic carbocycles. The number of esters is 2. The molecule has 0 aliphatic rings. The first-order valence-electron chi connectivity index (χ1n) is 4.81. The Hall–Kier alpha value is -1.85. The minimum absolute atomic E-state index is 0.0716. The highest BCUT2D eigenvalue weighted by Gasteiger charge is 2.19. The van der Waals surface area contributed by atoms with Crippen LogP contribution >= 0.6 is 0 Å². The van der Waals surface area contributed by atoms with E-state index in [1.165, 1.54) is 14.0 Å². The summed E-state index contributed by atoms with van der Waals surface area (Å²) >= 11 is 0. The first-order chi connectivity index (χ1) is 7.52. The fraction of sp³-hybridized carbons (Fsp3) is 0.500. The highest BCUT2D eigenvalue weighted by atomic mass is 16.6. The van der Waals surface area contributed by atoms with E-state index in [-0.39, 0.29) is 6.54 Å². The molecule has 1 heterocycles. The Morgan fingerprint density at radius 1 is 1.50 bits per heavy atom. The number of hydrogen-bond acceptors (Lipinski definition) is 4. The first-order valence-corrected chi connectivity index (χ1v) is 4.81. The van der Waals surface area contributed by atoms with Gasteiger partial charge in [0.2, 0.25) is 6.33 Å². The quantitative estimate of drug-likeness (QED) is 0.510. The molecule has 6 nitrogen and oxygen atoms in total. The predicted octanol–water partition coefficient (Wildman–Crippen LogP) is -0.583. The van der Waals surface area contributed by atoms with Crippen molar-refractivity contribution < 1.29 is 23.6 Å². The van der Waals surface area contributed by atoms with Crippen LogP contribution in [0, 0.1) is 0 Å². The zero-order valence-electron chi connectivity index (χ0n) is 9.54. The molecule has 0 aliphatic heterocycles. The minimum Gasteiger partial charge on any atom is -0.466 e. The molecule has 0 saturated carbocycles. The SMILES string of the molecule is COC(=O)[C@H](C)OC(=O)Cn1cc[n+](C)c1. The smallest absolute Gasteiger partial charge is 0.349 e. The van der Waals surface area contributed by atoms with Gasteiger partial charge >= 0.3 is 11.9 Å². The van der Waals surface area contributed by atoms with Gasteiger partial charge in [0.05, 0.1) is 14.2 Å². The van der Waals surface area contributed by atoms with Gasteiger partial charge < -0.3 is 9.47 Å². The third kappa shape index (κ3) is 3.38. The topological polar surface area (TPSA) is 61.4 Å². The second kappa shape index (κ2) is 5.29. The van der Waals surface area contributed by atoms with Gasteiger partial charge in [0, 0.05) is 0 Å². The zero-order chi connectivity index (χ0) is 12.1. The highest BCUT2D eigenvalue weighted by molar-refractivity contribution is 5.78. The average molecular weight is 227 g/mol. The molecule has 1 rings (SSSR count). The summed E-state index contributed by atoms with van der Waals surface area (Å²) in [7, 11) is 3.09.